The maximum absolute atomic E-state index is 12.2. The Morgan fingerprint density at radius 1 is 1.39 bits per heavy atom. The molecule has 0 saturated carbocycles. The maximum atomic E-state index is 12.2. The minimum absolute atomic E-state index is 0.0250. The van der Waals surface area contributed by atoms with Crippen molar-refractivity contribution in [2.24, 2.45) is 0 Å². The lowest BCUT2D eigenvalue weighted by Crippen LogP contribution is -2.27. The predicted molar refractivity (Wildman–Crippen MR) is 90.5 cm³/mol. The van der Waals surface area contributed by atoms with Gasteiger partial charge in [0.2, 0.25) is 10.0 Å². The molecule has 1 heterocycles. The topological polar surface area (TPSA) is 79.4 Å². The number of sulfonamides is 1. The molecule has 0 fully saturated rings. The molecule has 1 amide bonds. The van der Waals surface area contributed by atoms with Crippen molar-refractivity contribution in [1.29, 1.82) is 0 Å². The van der Waals surface area contributed by atoms with E-state index in [0.29, 0.717) is 13.0 Å². The van der Waals surface area contributed by atoms with Gasteiger partial charge in [0.1, 0.15) is 0 Å². The highest BCUT2D eigenvalue weighted by Crippen LogP contribution is 2.22. The number of hydrogen-bond donors (Lipinski definition) is 1. The van der Waals surface area contributed by atoms with Gasteiger partial charge in [0.05, 0.1) is 20.5 Å². The van der Waals surface area contributed by atoms with Crippen molar-refractivity contribution < 1.29 is 13.2 Å². The summed E-state index contributed by atoms with van der Waals surface area (Å²) >= 11 is 7.53. The summed E-state index contributed by atoms with van der Waals surface area (Å²) in [5, 5.41) is 5.71. The molecule has 1 aromatic carbocycles. The molecule has 0 saturated heterocycles. The number of aromatic nitrogens is 1. The smallest absolute Gasteiger partial charge is 0.252 e. The molecule has 0 unspecified atom stereocenters. The molecule has 2 aromatic rings. The summed E-state index contributed by atoms with van der Waals surface area (Å²) in [5.41, 5.74) is 0.133. The van der Waals surface area contributed by atoms with Crippen molar-refractivity contribution in [3.8, 4) is 0 Å². The molecular formula is C14H16ClN3O3S2. The summed E-state index contributed by atoms with van der Waals surface area (Å²) in [5.74, 6) is -0.414. The maximum Gasteiger partial charge on any atom is 0.252 e. The number of carbonyl (C=O) groups is 1. The SMILES string of the molecule is CN(C)S(=O)(=O)c1ccc(Cl)c(C(=O)NCCc2nccs2)c1. The summed E-state index contributed by atoms with van der Waals surface area (Å²) in [6.07, 6.45) is 2.31. The van der Waals surface area contributed by atoms with Crippen LogP contribution in [0, 0.1) is 0 Å². The number of benzene rings is 1. The standard InChI is InChI=1S/C14H16ClN3O3S2/c1-18(2)23(20,21)10-3-4-12(15)11(9-10)14(19)17-6-5-13-16-7-8-22-13/h3-4,7-9H,5-6H2,1-2H3,(H,17,19). The fraction of sp³-hybridized carbons (Fsp3) is 0.286. The van der Waals surface area contributed by atoms with E-state index in [4.69, 9.17) is 11.6 Å². The molecule has 0 aliphatic rings. The fourth-order valence-corrected chi connectivity index (χ4v) is 3.56. The molecule has 0 spiro atoms. The second-order valence-corrected chi connectivity index (χ2v) is 8.40. The van der Waals surface area contributed by atoms with E-state index in [9.17, 15) is 13.2 Å². The van der Waals surface area contributed by atoms with Gasteiger partial charge in [-0.1, -0.05) is 11.6 Å². The zero-order valence-corrected chi connectivity index (χ0v) is 15.0. The summed E-state index contributed by atoms with van der Waals surface area (Å²) < 4.78 is 25.3. The lowest BCUT2D eigenvalue weighted by atomic mass is 10.2. The first kappa shape index (κ1) is 17.9. The minimum atomic E-state index is -3.62. The van der Waals surface area contributed by atoms with Gasteiger partial charge in [0.25, 0.3) is 5.91 Å². The van der Waals surface area contributed by atoms with Crippen LogP contribution in [0.25, 0.3) is 0 Å². The summed E-state index contributed by atoms with van der Waals surface area (Å²) in [6, 6.07) is 4.08. The Hall–Kier alpha value is -1.48. The first-order valence-corrected chi connectivity index (χ1v) is 9.41. The number of carbonyl (C=O) groups excluding carboxylic acids is 1. The van der Waals surface area contributed by atoms with E-state index < -0.39 is 15.9 Å². The van der Waals surface area contributed by atoms with Crippen LogP contribution in [0.1, 0.15) is 15.4 Å². The molecule has 9 heteroatoms. The van der Waals surface area contributed by atoms with Crippen molar-refractivity contribution in [2.45, 2.75) is 11.3 Å². The van der Waals surface area contributed by atoms with E-state index in [1.54, 1.807) is 6.20 Å². The normalized spacial score (nSPS) is 11.7. The van der Waals surface area contributed by atoms with Crippen LogP contribution in [0.2, 0.25) is 5.02 Å². The van der Waals surface area contributed by atoms with Crippen molar-refractivity contribution in [3.63, 3.8) is 0 Å². The molecule has 0 aliphatic carbocycles. The second-order valence-electron chi connectivity index (χ2n) is 4.86. The molecule has 124 valence electrons. The third-order valence-corrected chi connectivity index (χ3v) is 6.05. The van der Waals surface area contributed by atoms with Crippen LogP contribution < -0.4 is 5.32 Å². The third-order valence-electron chi connectivity index (χ3n) is 3.07. The van der Waals surface area contributed by atoms with Crippen LogP contribution in [0.3, 0.4) is 0 Å². The highest BCUT2D eigenvalue weighted by molar-refractivity contribution is 7.89. The Balaban J connectivity index is 2.13. The van der Waals surface area contributed by atoms with Gasteiger partial charge in [0.15, 0.2) is 0 Å². The average Bonchev–Trinajstić information content (AvgIpc) is 3.00. The molecule has 0 aliphatic heterocycles. The Morgan fingerprint density at radius 2 is 2.13 bits per heavy atom. The van der Waals surface area contributed by atoms with E-state index in [0.717, 1.165) is 9.31 Å². The monoisotopic (exact) mass is 373 g/mol. The molecule has 23 heavy (non-hydrogen) atoms. The van der Waals surface area contributed by atoms with Gasteiger partial charge in [-0.15, -0.1) is 11.3 Å². The summed E-state index contributed by atoms with van der Waals surface area (Å²) in [6.45, 7) is 0.396. The Kier molecular flexibility index (Phi) is 5.74. The van der Waals surface area contributed by atoms with Crippen LogP contribution in [-0.4, -0.2) is 44.3 Å². The molecule has 0 radical (unpaired) electrons. The summed E-state index contributed by atoms with van der Waals surface area (Å²) in [4.78, 5) is 16.4. The number of nitrogens with zero attached hydrogens (tertiary/aromatic N) is 2. The zero-order chi connectivity index (χ0) is 17.0. The van der Waals surface area contributed by atoms with Crippen LogP contribution in [0.5, 0.6) is 0 Å². The van der Waals surface area contributed by atoms with Gasteiger partial charge in [-0.2, -0.15) is 0 Å². The molecule has 0 atom stereocenters. The summed E-state index contributed by atoms with van der Waals surface area (Å²) in [7, 11) is -0.763. The van der Waals surface area contributed by atoms with Gasteiger partial charge in [-0.3, -0.25) is 4.79 Å². The van der Waals surface area contributed by atoms with Gasteiger partial charge < -0.3 is 5.32 Å². The lowest BCUT2D eigenvalue weighted by molar-refractivity contribution is 0.0954. The van der Waals surface area contributed by atoms with Gasteiger partial charge >= 0.3 is 0 Å². The van der Waals surface area contributed by atoms with Gasteiger partial charge in [-0.25, -0.2) is 17.7 Å². The van der Waals surface area contributed by atoms with E-state index in [-0.39, 0.29) is 15.5 Å². The number of thiazole rings is 1. The van der Waals surface area contributed by atoms with E-state index >= 15 is 0 Å². The average molecular weight is 374 g/mol. The van der Waals surface area contributed by atoms with Gasteiger partial charge in [-0.05, 0) is 18.2 Å². The van der Waals surface area contributed by atoms with E-state index in [1.165, 1.54) is 43.6 Å². The first-order valence-electron chi connectivity index (χ1n) is 6.71. The van der Waals surface area contributed by atoms with Crippen molar-refractivity contribution >= 4 is 38.9 Å². The van der Waals surface area contributed by atoms with E-state index in [2.05, 4.69) is 10.3 Å². The zero-order valence-electron chi connectivity index (χ0n) is 12.6. The molecule has 0 bridgehead atoms. The highest BCUT2D eigenvalue weighted by Gasteiger charge is 2.20. The first-order chi connectivity index (χ1) is 10.8. The van der Waals surface area contributed by atoms with Gasteiger partial charge in [0, 0.05) is 38.6 Å². The largest absolute Gasteiger partial charge is 0.352 e. The number of hydrogen-bond acceptors (Lipinski definition) is 5. The minimum Gasteiger partial charge on any atom is -0.352 e. The van der Waals surface area contributed by atoms with Crippen LogP contribution in [-0.2, 0) is 16.4 Å². The predicted octanol–water partition coefficient (Wildman–Crippen LogP) is 2.02. The Bertz CT molecular complexity index is 790. The number of halogens is 1. The van der Waals surface area contributed by atoms with Crippen molar-refractivity contribution in [2.75, 3.05) is 20.6 Å². The van der Waals surface area contributed by atoms with E-state index in [1.807, 2.05) is 5.38 Å². The molecule has 1 aromatic heterocycles. The number of nitrogens with one attached hydrogen (secondary N) is 1. The van der Waals surface area contributed by atoms with Crippen molar-refractivity contribution in [3.05, 3.63) is 45.4 Å². The highest BCUT2D eigenvalue weighted by atomic mass is 35.5. The van der Waals surface area contributed by atoms with Crippen LogP contribution in [0.4, 0.5) is 0 Å². The second kappa shape index (κ2) is 7.39. The molecule has 2 rings (SSSR count). The third kappa shape index (κ3) is 4.29. The quantitative estimate of drug-likeness (QED) is 0.840. The lowest BCUT2D eigenvalue weighted by Gasteiger charge is -2.13. The molecular weight excluding hydrogens is 358 g/mol. The number of rotatable bonds is 6. The van der Waals surface area contributed by atoms with Crippen LogP contribution in [0.15, 0.2) is 34.7 Å². The van der Waals surface area contributed by atoms with Crippen LogP contribution >= 0.6 is 22.9 Å². The molecule has 6 nitrogen and oxygen atoms in total. The Morgan fingerprint density at radius 3 is 2.74 bits per heavy atom. The molecule has 1 N–H and O–H groups in total. The Labute approximate surface area is 144 Å². The van der Waals surface area contributed by atoms with Crippen molar-refractivity contribution in [1.82, 2.24) is 14.6 Å². The fourth-order valence-electron chi connectivity index (χ4n) is 1.80. The number of amides is 1.